The number of carbonyl (C=O) groups is 1. The highest BCUT2D eigenvalue weighted by atomic mass is 32.2. The van der Waals surface area contributed by atoms with E-state index in [-0.39, 0.29) is 11.8 Å². The van der Waals surface area contributed by atoms with E-state index in [1.165, 1.54) is 4.31 Å². The molecule has 1 aromatic rings. The van der Waals surface area contributed by atoms with Crippen molar-refractivity contribution in [2.45, 2.75) is 13.3 Å². The van der Waals surface area contributed by atoms with Crippen LogP contribution in [0.5, 0.6) is 0 Å². The van der Waals surface area contributed by atoms with E-state index < -0.39 is 10.0 Å². The van der Waals surface area contributed by atoms with Gasteiger partial charge in [-0.15, -0.1) is 0 Å². The average molecular weight is 336 g/mol. The Bertz CT molecular complexity index is 686. The molecule has 124 valence electrons. The highest BCUT2D eigenvalue weighted by Gasteiger charge is 2.27. The number of hydrogen-bond donors (Lipinski definition) is 1. The third kappa shape index (κ3) is 4.43. The van der Waals surface area contributed by atoms with Crippen LogP contribution in [0.4, 0.5) is 10.5 Å². The lowest BCUT2D eigenvalue weighted by Crippen LogP contribution is -2.51. The van der Waals surface area contributed by atoms with Crippen LogP contribution >= 0.6 is 0 Å². The van der Waals surface area contributed by atoms with Gasteiger partial charge in [-0.25, -0.2) is 13.2 Å². The number of nitrogens with zero attached hydrogens (tertiary/aromatic N) is 3. The van der Waals surface area contributed by atoms with Crippen LogP contribution in [0.3, 0.4) is 0 Å². The number of sulfonamides is 1. The van der Waals surface area contributed by atoms with Gasteiger partial charge in [0.2, 0.25) is 10.0 Å². The van der Waals surface area contributed by atoms with Gasteiger partial charge in [-0.1, -0.05) is 12.1 Å². The second kappa shape index (κ2) is 7.44. The Morgan fingerprint density at radius 3 is 2.35 bits per heavy atom. The quantitative estimate of drug-likeness (QED) is 0.895. The molecule has 0 aliphatic carbocycles. The van der Waals surface area contributed by atoms with Gasteiger partial charge in [0.25, 0.3) is 0 Å². The van der Waals surface area contributed by atoms with Crippen molar-refractivity contribution in [1.82, 2.24) is 9.21 Å². The number of nitrogens with one attached hydrogen (secondary N) is 1. The lowest BCUT2D eigenvalue weighted by atomic mass is 10.1. The van der Waals surface area contributed by atoms with Crippen LogP contribution in [0.2, 0.25) is 0 Å². The third-order valence-electron chi connectivity index (χ3n) is 3.77. The van der Waals surface area contributed by atoms with Crippen molar-refractivity contribution < 1.29 is 13.2 Å². The SMILES string of the molecule is CCS(=O)(=O)N1CCN(C(=O)Nc2ccc(CC#N)cc2)CC1. The molecule has 0 radical (unpaired) electrons. The van der Waals surface area contributed by atoms with Gasteiger partial charge >= 0.3 is 6.03 Å². The average Bonchev–Trinajstić information content (AvgIpc) is 2.57. The molecule has 1 N–H and O–H groups in total. The first kappa shape index (κ1) is 17.2. The Labute approximate surface area is 136 Å². The van der Waals surface area contributed by atoms with Crippen LogP contribution in [-0.2, 0) is 16.4 Å². The summed E-state index contributed by atoms with van der Waals surface area (Å²) >= 11 is 0. The maximum absolute atomic E-state index is 12.2. The smallest absolute Gasteiger partial charge is 0.321 e. The molecule has 1 aromatic carbocycles. The Balaban J connectivity index is 1.89. The van der Waals surface area contributed by atoms with Crippen LogP contribution in [0.15, 0.2) is 24.3 Å². The largest absolute Gasteiger partial charge is 0.322 e. The molecule has 0 spiro atoms. The predicted octanol–water partition coefficient (Wildman–Crippen LogP) is 1.25. The highest BCUT2D eigenvalue weighted by Crippen LogP contribution is 2.13. The molecule has 1 saturated heterocycles. The predicted molar refractivity (Wildman–Crippen MR) is 87.4 cm³/mol. The van der Waals surface area contributed by atoms with Crippen LogP contribution < -0.4 is 5.32 Å². The molecule has 1 aliphatic heterocycles. The van der Waals surface area contributed by atoms with E-state index in [2.05, 4.69) is 11.4 Å². The van der Waals surface area contributed by atoms with Crippen molar-refractivity contribution in [3.8, 4) is 6.07 Å². The Hall–Kier alpha value is -2.11. The van der Waals surface area contributed by atoms with Crippen molar-refractivity contribution in [1.29, 1.82) is 5.26 Å². The number of carbonyl (C=O) groups excluding carboxylic acids is 1. The van der Waals surface area contributed by atoms with E-state index in [0.29, 0.717) is 38.3 Å². The number of benzene rings is 1. The number of piperazine rings is 1. The van der Waals surface area contributed by atoms with Crippen molar-refractivity contribution in [3.63, 3.8) is 0 Å². The maximum atomic E-state index is 12.2. The molecule has 23 heavy (non-hydrogen) atoms. The fraction of sp³-hybridized carbons (Fsp3) is 0.467. The molecule has 0 unspecified atom stereocenters. The minimum Gasteiger partial charge on any atom is -0.322 e. The summed E-state index contributed by atoms with van der Waals surface area (Å²) in [7, 11) is -3.19. The molecule has 1 fully saturated rings. The van der Waals surface area contributed by atoms with Gasteiger partial charge in [0, 0.05) is 31.9 Å². The van der Waals surface area contributed by atoms with E-state index >= 15 is 0 Å². The molecular weight excluding hydrogens is 316 g/mol. The van der Waals surface area contributed by atoms with Gasteiger partial charge in [0.15, 0.2) is 0 Å². The number of rotatable bonds is 4. The fourth-order valence-corrected chi connectivity index (χ4v) is 3.44. The molecule has 1 heterocycles. The molecule has 0 bridgehead atoms. The monoisotopic (exact) mass is 336 g/mol. The number of nitriles is 1. The highest BCUT2D eigenvalue weighted by molar-refractivity contribution is 7.89. The standard InChI is InChI=1S/C15H20N4O3S/c1-2-23(21,22)19-11-9-18(10-12-19)15(20)17-14-5-3-13(4-6-14)7-8-16/h3-6H,2,7,9-12H2,1H3,(H,17,20). The Morgan fingerprint density at radius 2 is 1.83 bits per heavy atom. The first-order valence-electron chi connectivity index (χ1n) is 7.46. The van der Waals surface area contributed by atoms with E-state index in [9.17, 15) is 13.2 Å². The minimum atomic E-state index is -3.19. The Morgan fingerprint density at radius 1 is 1.22 bits per heavy atom. The zero-order valence-electron chi connectivity index (χ0n) is 13.0. The summed E-state index contributed by atoms with van der Waals surface area (Å²) in [6.45, 7) is 3.01. The van der Waals surface area contributed by atoms with Gasteiger partial charge < -0.3 is 10.2 Å². The second-order valence-electron chi connectivity index (χ2n) is 5.25. The van der Waals surface area contributed by atoms with Crippen molar-refractivity contribution in [3.05, 3.63) is 29.8 Å². The summed E-state index contributed by atoms with van der Waals surface area (Å²) in [6.07, 6.45) is 0.335. The summed E-state index contributed by atoms with van der Waals surface area (Å²) in [5, 5.41) is 11.4. The molecule has 2 rings (SSSR count). The molecule has 1 aliphatic rings. The number of anilines is 1. The summed E-state index contributed by atoms with van der Waals surface area (Å²) < 4.78 is 25.0. The molecule has 0 atom stereocenters. The van der Waals surface area contributed by atoms with Crippen molar-refractivity contribution >= 4 is 21.7 Å². The maximum Gasteiger partial charge on any atom is 0.321 e. The van der Waals surface area contributed by atoms with Gasteiger partial charge in [-0.2, -0.15) is 9.57 Å². The lowest BCUT2D eigenvalue weighted by Gasteiger charge is -2.33. The first-order valence-corrected chi connectivity index (χ1v) is 9.07. The molecule has 0 aromatic heterocycles. The summed E-state index contributed by atoms with van der Waals surface area (Å²) in [5.74, 6) is 0.0776. The van der Waals surface area contributed by atoms with Crippen LogP contribution in [-0.4, -0.2) is 55.6 Å². The summed E-state index contributed by atoms with van der Waals surface area (Å²) in [4.78, 5) is 13.8. The van der Waals surface area contributed by atoms with E-state index in [0.717, 1.165) is 5.56 Å². The van der Waals surface area contributed by atoms with Gasteiger partial charge in [0.05, 0.1) is 18.2 Å². The van der Waals surface area contributed by atoms with Crippen LogP contribution in [0.25, 0.3) is 0 Å². The van der Waals surface area contributed by atoms with Crippen molar-refractivity contribution in [2.24, 2.45) is 0 Å². The number of hydrogen-bond acceptors (Lipinski definition) is 4. The van der Waals surface area contributed by atoms with E-state index in [1.807, 2.05) is 0 Å². The fourth-order valence-electron chi connectivity index (χ4n) is 2.35. The number of urea groups is 1. The molecule has 0 saturated carbocycles. The zero-order valence-corrected chi connectivity index (χ0v) is 13.8. The van der Waals surface area contributed by atoms with E-state index in [1.54, 1.807) is 36.1 Å². The topological polar surface area (TPSA) is 93.5 Å². The minimum absolute atomic E-state index is 0.0776. The van der Waals surface area contributed by atoms with Crippen molar-refractivity contribution in [2.75, 3.05) is 37.2 Å². The zero-order chi connectivity index (χ0) is 16.9. The lowest BCUT2D eigenvalue weighted by molar-refractivity contribution is 0.184. The van der Waals surface area contributed by atoms with E-state index in [4.69, 9.17) is 5.26 Å². The van der Waals surface area contributed by atoms with Gasteiger partial charge in [-0.3, -0.25) is 0 Å². The molecule has 8 heteroatoms. The first-order chi connectivity index (χ1) is 11.0. The summed E-state index contributed by atoms with van der Waals surface area (Å²) in [6, 6.07) is 8.92. The molecule has 2 amide bonds. The third-order valence-corrected chi connectivity index (χ3v) is 5.65. The Kier molecular flexibility index (Phi) is 5.58. The second-order valence-corrected chi connectivity index (χ2v) is 7.51. The van der Waals surface area contributed by atoms with Gasteiger partial charge in [0.1, 0.15) is 0 Å². The number of amides is 2. The van der Waals surface area contributed by atoms with Crippen LogP contribution in [0, 0.1) is 11.3 Å². The van der Waals surface area contributed by atoms with Gasteiger partial charge in [-0.05, 0) is 24.6 Å². The van der Waals surface area contributed by atoms with Crippen LogP contribution in [0.1, 0.15) is 12.5 Å². The molecular formula is C15H20N4O3S. The molecule has 7 nitrogen and oxygen atoms in total. The summed E-state index contributed by atoms with van der Waals surface area (Å²) in [5.41, 5.74) is 1.55. The normalized spacial score (nSPS) is 15.9.